The largest absolute Gasteiger partial charge is 0.462 e. The number of carbonyl (C=O) groups is 1. The van der Waals surface area contributed by atoms with Gasteiger partial charge in [0, 0.05) is 11.9 Å². The van der Waals surface area contributed by atoms with Gasteiger partial charge in [0.25, 0.3) is 0 Å². The number of aromatic nitrogens is 2. The lowest BCUT2D eigenvalue weighted by molar-refractivity contribution is -0.141. The van der Waals surface area contributed by atoms with Crippen LogP contribution < -0.4 is 5.32 Å². The molecule has 0 saturated carbocycles. The van der Waals surface area contributed by atoms with Gasteiger partial charge in [0.2, 0.25) is 5.95 Å². The number of halogens is 5. The number of benzene rings is 1. The SMILES string of the molecule is CCOC(=O)c1cnc(Nc2ccc(F)c(Cl)c2)nc1C(F)(F)F. The molecular weight excluding hydrogens is 354 g/mol. The highest BCUT2D eigenvalue weighted by Crippen LogP contribution is 2.31. The second-order valence-electron chi connectivity index (χ2n) is 4.43. The lowest BCUT2D eigenvalue weighted by Gasteiger charge is -2.13. The van der Waals surface area contributed by atoms with Crippen molar-refractivity contribution in [2.24, 2.45) is 0 Å². The fourth-order valence-corrected chi connectivity index (χ4v) is 1.90. The third kappa shape index (κ3) is 4.10. The Morgan fingerprint density at radius 3 is 2.67 bits per heavy atom. The molecule has 0 radical (unpaired) electrons. The minimum atomic E-state index is -4.89. The average Bonchev–Trinajstić information content (AvgIpc) is 2.50. The molecule has 5 nitrogen and oxygen atoms in total. The highest BCUT2D eigenvalue weighted by molar-refractivity contribution is 6.31. The number of rotatable bonds is 4. The minimum absolute atomic E-state index is 0.0930. The van der Waals surface area contributed by atoms with E-state index in [0.29, 0.717) is 6.20 Å². The molecule has 0 amide bonds. The van der Waals surface area contributed by atoms with E-state index >= 15 is 0 Å². The molecule has 128 valence electrons. The van der Waals surface area contributed by atoms with Crippen LogP contribution in [0.15, 0.2) is 24.4 Å². The standard InChI is InChI=1S/C14H10ClF4N3O2/c1-2-24-12(23)8-6-20-13(22-11(8)14(17,18)19)21-7-3-4-10(16)9(15)5-7/h3-6H,2H2,1H3,(H,20,21,22). The van der Waals surface area contributed by atoms with Crippen molar-refractivity contribution in [1.82, 2.24) is 9.97 Å². The number of nitrogens with zero attached hydrogens (tertiary/aromatic N) is 2. The summed E-state index contributed by atoms with van der Waals surface area (Å²) >= 11 is 5.59. The van der Waals surface area contributed by atoms with Crippen LogP contribution in [0.25, 0.3) is 0 Å². The second-order valence-corrected chi connectivity index (χ2v) is 4.84. The molecule has 0 unspecified atom stereocenters. The van der Waals surface area contributed by atoms with Gasteiger partial charge in [-0.15, -0.1) is 0 Å². The summed E-state index contributed by atoms with van der Waals surface area (Å²) in [6.07, 6.45) is -4.18. The fourth-order valence-electron chi connectivity index (χ4n) is 1.72. The average molecular weight is 364 g/mol. The summed E-state index contributed by atoms with van der Waals surface area (Å²) in [6, 6.07) is 3.44. The lowest BCUT2D eigenvalue weighted by Crippen LogP contribution is -2.19. The summed E-state index contributed by atoms with van der Waals surface area (Å²) in [5.41, 5.74) is -2.06. The summed E-state index contributed by atoms with van der Waals surface area (Å²) in [7, 11) is 0. The molecular formula is C14H10ClF4N3O2. The van der Waals surface area contributed by atoms with Crippen LogP contribution in [0.4, 0.5) is 29.2 Å². The van der Waals surface area contributed by atoms with Crippen LogP contribution in [0, 0.1) is 5.82 Å². The van der Waals surface area contributed by atoms with Crippen molar-refractivity contribution in [3.05, 3.63) is 46.5 Å². The zero-order chi connectivity index (χ0) is 17.9. The maximum absolute atomic E-state index is 13.1. The van der Waals surface area contributed by atoms with Gasteiger partial charge in [-0.05, 0) is 25.1 Å². The number of anilines is 2. The Kier molecular flexibility index (Phi) is 5.23. The molecule has 2 rings (SSSR count). The number of alkyl halides is 3. The number of nitrogens with one attached hydrogen (secondary N) is 1. The van der Waals surface area contributed by atoms with Crippen molar-refractivity contribution < 1.29 is 27.1 Å². The summed E-state index contributed by atoms with van der Waals surface area (Å²) in [5.74, 6) is -2.30. The summed E-state index contributed by atoms with van der Waals surface area (Å²) < 4.78 is 56.9. The first-order chi connectivity index (χ1) is 11.2. The molecule has 0 spiro atoms. The molecule has 10 heteroatoms. The number of carbonyl (C=O) groups excluding carboxylic acids is 1. The van der Waals surface area contributed by atoms with Crippen molar-refractivity contribution in [3.8, 4) is 0 Å². The molecule has 0 atom stereocenters. The molecule has 1 aromatic heterocycles. The Morgan fingerprint density at radius 2 is 2.08 bits per heavy atom. The third-order valence-corrected chi connectivity index (χ3v) is 3.02. The van der Waals surface area contributed by atoms with Gasteiger partial charge in [-0.2, -0.15) is 13.2 Å². The Labute approximate surface area is 138 Å². The molecule has 0 aliphatic heterocycles. The summed E-state index contributed by atoms with van der Waals surface area (Å²) in [5, 5.41) is 2.23. The van der Waals surface area contributed by atoms with E-state index in [1.165, 1.54) is 13.0 Å². The fraction of sp³-hybridized carbons (Fsp3) is 0.214. The molecule has 1 heterocycles. The first-order valence-electron chi connectivity index (χ1n) is 6.55. The monoisotopic (exact) mass is 363 g/mol. The van der Waals surface area contributed by atoms with E-state index in [1.807, 2.05) is 0 Å². The lowest BCUT2D eigenvalue weighted by atomic mass is 10.2. The van der Waals surface area contributed by atoms with Crippen molar-refractivity contribution >= 4 is 29.2 Å². The van der Waals surface area contributed by atoms with Crippen molar-refractivity contribution in [1.29, 1.82) is 0 Å². The number of esters is 1. The van der Waals surface area contributed by atoms with Gasteiger partial charge >= 0.3 is 12.1 Å². The van der Waals surface area contributed by atoms with Gasteiger partial charge in [0.1, 0.15) is 11.4 Å². The van der Waals surface area contributed by atoms with E-state index in [0.717, 1.165) is 12.1 Å². The molecule has 0 aliphatic rings. The van der Waals surface area contributed by atoms with Crippen LogP contribution in [0.1, 0.15) is 23.0 Å². The first kappa shape index (κ1) is 17.9. The van der Waals surface area contributed by atoms with Gasteiger partial charge in [0.05, 0.1) is 11.6 Å². The van der Waals surface area contributed by atoms with E-state index < -0.39 is 35.2 Å². The summed E-state index contributed by atoms with van der Waals surface area (Å²) in [4.78, 5) is 18.5. The predicted molar refractivity (Wildman–Crippen MR) is 77.7 cm³/mol. The Morgan fingerprint density at radius 1 is 1.38 bits per heavy atom. The van der Waals surface area contributed by atoms with Crippen molar-refractivity contribution in [2.45, 2.75) is 13.1 Å². The van der Waals surface area contributed by atoms with Gasteiger partial charge in [-0.3, -0.25) is 0 Å². The number of ether oxygens (including phenoxy) is 1. The minimum Gasteiger partial charge on any atom is -0.462 e. The molecule has 1 N–H and O–H groups in total. The van der Waals surface area contributed by atoms with Crippen LogP contribution in [0.3, 0.4) is 0 Å². The van der Waals surface area contributed by atoms with E-state index in [-0.39, 0.29) is 17.3 Å². The van der Waals surface area contributed by atoms with E-state index in [2.05, 4.69) is 20.0 Å². The van der Waals surface area contributed by atoms with Gasteiger partial charge in [-0.1, -0.05) is 11.6 Å². The highest BCUT2D eigenvalue weighted by atomic mass is 35.5. The highest BCUT2D eigenvalue weighted by Gasteiger charge is 2.38. The van der Waals surface area contributed by atoms with Crippen LogP contribution >= 0.6 is 11.6 Å². The Bertz CT molecular complexity index is 768. The Hall–Kier alpha value is -2.42. The van der Waals surface area contributed by atoms with Crippen LogP contribution in [0.5, 0.6) is 0 Å². The van der Waals surface area contributed by atoms with Crippen LogP contribution in [-0.2, 0) is 10.9 Å². The van der Waals surface area contributed by atoms with Crippen LogP contribution in [-0.4, -0.2) is 22.5 Å². The molecule has 0 bridgehead atoms. The number of hydrogen-bond donors (Lipinski definition) is 1. The predicted octanol–water partition coefficient (Wildman–Crippen LogP) is 4.21. The molecule has 24 heavy (non-hydrogen) atoms. The van der Waals surface area contributed by atoms with E-state index in [1.54, 1.807) is 0 Å². The number of hydrogen-bond acceptors (Lipinski definition) is 5. The normalized spacial score (nSPS) is 11.2. The second kappa shape index (κ2) is 7.00. The summed E-state index contributed by atoms with van der Waals surface area (Å²) in [6.45, 7) is 1.37. The molecule has 0 saturated heterocycles. The first-order valence-corrected chi connectivity index (χ1v) is 6.93. The zero-order valence-corrected chi connectivity index (χ0v) is 12.9. The quantitative estimate of drug-likeness (QED) is 0.651. The molecule has 1 aromatic carbocycles. The smallest absolute Gasteiger partial charge is 0.434 e. The topological polar surface area (TPSA) is 64.1 Å². The van der Waals surface area contributed by atoms with Crippen molar-refractivity contribution in [2.75, 3.05) is 11.9 Å². The third-order valence-electron chi connectivity index (χ3n) is 2.73. The van der Waals surface area contributed by atoms with E-state index in [9.17, 15) is 22.4 Å². The zero-order valence-electron chi connectivity index (χ0n) is 12.1. The molecule has 0 aliphatic carbocycles. The van der Waals surface area contributed by atoms with Gasteiger partial charge in [-0.25, -0.2) is 19.2 Å². The Balaban J connectivity index is 2.38. The molecule has 2 aromatic rings. The van der Waals surface area contributed by atoms with Crippen molar-refractivity contribution in [3.63, 3.8) is 0 Å². The van der Waals surface area contributed by atoms with Gasteiger partial charge in [0.15, 0.2) is 5.69 Å². The maximum atomic E-state index is 13.1. The van der Waals surface area contributed by atoms with E-state index in [4.69, 9.17) is 11.6 Å². The maximum Gasteiger partial charge on any atom is 0.434 e. The van der Waals surface area contributed by atoms with Crippen LogP contribution in [0.2, 0.25) is 5.02 Å². The van der Waals surface area contributed by atoms with Gasteiger partial charge < -0.3 is 10.1 Å². The molecule has 0 fully saturated rings.